The van der Waals surface area contributed by atoms with Crippen LogP contribution in [-0.4, -0.2) is 10.4 Å². The number of halogens is 1. The minimum absolute atomic E-state index is 0.710. The van der Waals surface area contributed by atoms with Crippen LogP contribution in [0.25, 0.3) is 0 Å². The minimum Gasteiger partial charge on any atom is -0.437 e. The molecule has 0 bridgehead atoms. The van der Waals surface area contributed by atoms with Crippen molar-refractivity contribution in [2.75, 3.05) is 0 Å². The van der Waals surface area contributed by atoms with Gasteiger partial charge in [-0.3, -0.25) is 0 Å². The molecule has 1 heterocycles. The van der Waals surface area contributed by atoms with Gasteiger partial charge in [-0.2, -0.15) is 4.79 Å². The van der Waals surface area contributed by atoms with Crippen LogP contribution in [0.3, 0.4) is 0 Å². The lowest BCUT2D eigenvalue weighted by atomic mass is 10.7. The summed E-state index contributed by atoms with van der Waals surface area (Å²) in [6.07, 6.45) is 0. The van der Waals surface area contributed by atoms with Gasteiger partial charge >= 0.3 is 5.30 Å². The first kappa shape index (κ1) is 6.77. The molecular formula is C5H4BrO2S+. The molecule has 9 heavy (non-hydrogen) atoms. The largest absolute Gasteiger partial charge is 0.552 e. The Morgan fingerprint density at radius 2 is 2.44 bits per heavy atom. The van der Waals surface area contributed by atoms with Crippen LogP contribution in [0.15, 0.2) is 21.3 Å². The average molecular weight is 208 g/mol. The highest BCUT2D eigenvalue weighted by molar-refractivity contribution is 9.11. The number of thiophene rings is 1. The van der Waals surface area contributed by atoms with Gasteiger partial charge in [-0.15, -0.1) is 0 Å². The molecule has 0 fully saturated rings. The average Bonchev–Trinajstić information content (AvgIpc) is 2.13. The van der Waals surface area contributed by atoms with Crippen molar-refractivity contribution in [3.05, 3.63) is 21.3 Å². The van der Waals surface area contributed by atoms with E-state index in [2.05, 4.69) is 15.9 Å². The third-order valence-electron chi connectivity index (χ3n) is 0.840. The highest BCUT2D eigenvalue weighted by Crippen LogP contribution is 2.29. The molecule has 1 aromatic rings. The highest BCUT2D eigenvalue weighted by atomic mass is 79.9. The van der Waals surface area contributed by atoms with Crippen molar-refractivity contribution in [3.8, 4) is 0 Å². The number of carbonyl (C=O) groups is 1. The Hall–Kier alpha value is -0.350. The van der Waals surface area contributed by atoms with Crippen molar-refractivity contribution in [1.82, 2.24) is 0 Å². The van der Waals surface area contributed by atoms with Gasteiger partial charge in [-0.25, -0.2) is 0 Å². The van der Waals surface area contributed by atoms with Gasteiger partial charge < -0.3 is 5.11 Å². The number of hydrogen-bond acceptors (Lipinski definition) is 1. The van der Waals surface area contributed by atoms with E-state index in [0.29, 0.717) is 0 Å². The lowest BCUT2D eigenvalue weighted by Gasteiger charge is -1.74. The van der Waals surface area contributed by atoms with Gasteiger partial charge in [-0.1, -0.05) is 0 Å². The molecule has 1 rings (SSSR count). The molecule has 1 aromatic heterocycles. The molecule has 1 atom stereocenters. The Kier molecular flexibility index (Phi) is 1.87. The van der Waals surface area contributed by atoms with Crippen LogP contribution < -0.4 is 0 Å². The second-order valence-corrected chi connectivity index (χ2v) is 4.52. The molecule has 0 aliphatic carbocycles. The molecule has 0 radical (unpaired) electrons. The molecule has 1 N–H and O–H groups in total. The summed E-state index contributed by atoms with van der Waals surface area (Å²) in [6, 6.07) is 3.48. The van der Waals surface area contributed by atoms with Crippen molar-refractivity contribution >= 4 is 31.7 Å². The van der Waals surface area contributed by atoms with Gasteiger partial charge in [0, 0.05) is 22.0 Å². The van der Waals surface area contributed by atoms with Crippen LogP contribution in [0.2, 0.25) is 0 Å². The van der Waals surface area contributed by atoms with E-state index >= 15 is 0 Å². The summed E-state index contributed by atoms with van der Waals surface area (Å²) in [6.45, 7) is 0. The second kappa shape index (κ2) is 2.49. The molecule has 4 heteroatoms. The summed E-state index contributed by atoms with van der Waals surface area (Å²) in [4.78, 5) is 10.3. The predicted octanol–water partition coefficient (Wildman–Crippen LogP) is 2.72. The van der Waals surface area contributed by atoms with Gasteiger partial charge in [0.2, 0.25) is 3.79 Å². The quantitative estimate of drug-likeness (QED) is 0.720. The van der Waals surface area contributed by atoms with Crippen molar-refractivity contribution in [1.29, 1.82) is 0 Å². The van der Waals surface area contributed by atoms with E-state index in [-0.39, 0.29) is 0 Å². The van der Waals surface area contributed by atoms with Crippen molar-refractivity contribution in [3.63, 3.8) is 0 Å². The van der Waals surface area contributed by atoms with E-state index in [0.717, 1.165) is 3.79 Å². The van der Waals surface area contributed by atoms with Gasteiger partial charge in [0.05, 0.1) is 0 Å². The Bertz CT molecular complexity index is 231. The Morgan fingerprint density at radius 3 is 2.67 bits per heavy atom. The molecule has 1 unspecified atom stereocenters. The van der Waals surface area contributed by atoms with E-state index in [1.165, 1.54) is 0 Å². The first-order valence-electron chi connectivity index (χ1n) is 2.22. The maximum atomic E-state index is 10.3. The fraction of sp³-hybridized carbons (Fsp3) is 0. The normalized spacial score (nSPS) is 11.4. The molecule has 0 saturated heterocycles. The fourth-order valence-electron chi connectivity index (χ4n) is 0.473. The smallest absolute Gasteiger partial charge is 0.437 e. The van der Waals surface area contributed by atoms with Gasteiger partial charge in [0.25, 0.3) is 0 Å². The molecule has 0 aromatic carbocycles. The zero-order chi connectivity index (χ0) is 6.85. The highest BCUT2D eigenvalue weighted by Gasteiger charge is 2.18. The van der Waals surface area contributed by atoms with Gasteiger partial charge in [0.1, 0.15) is 10.5 Å². The maximum Gasteiger partial charge on any atom is 0.552 e. The van der Waals surface area contributed by atoms with Crippen molar-refractivity contribution in [2.24, 2.45) is 0 Å². The van der Waals surface area contributed by atoms with Crippen LogP contribution >= 0.6 is 26.4 Å². The molecule has 0 amide bonds. The summed E-state index contributed by atoms with van der Waals surface area (Å²) in [5, 5.41) is 9.35. The van der Waals surface area contributed by atoms with E-state index in [4.69, 9.17) is 5.11 Å². The van der Waals surface area contributed by atoms with E-state index < -0.39 is 15.8 Å². The topological polar surface area (TPSA) is 37.3 Å². The van der Waals surface area contributed by atoms with Crippen LogP contribution in [-0.2, 0) is 0 Å². The van der Waals surface area contributed by atoms with Crippen molar-refractivity contribution < 1.29 is 9.90 Å². The second-order valence-electron chi connectivity index (χ2n) is 1.40. The first-order chi connectivity index (χ1) is 4.22. The van der Waals surface area contributed by atoms with E-state index in [1.807, 2.05) is 0 Å². The molecule has 0 aliphatic rings. The number of carboxylic acid groups (broad SMARTS) is 1. The molecule has 48 valence electrons. The zero-order valence-corrected chi connectivity index (χ0v) is 6.78. The molecule has 0 saturated carbocycles. The fourth-order valence-corrected chi connectivity index (χ4v) is 2.24. The number of hydrogen-bond donors (Lipinski definition) is 1. The van der Waals surface area contributed by atoms with E-state index in [1.54, 1.807) is 17.5 Å². The summed E-state index contributed by atoms with van der Waals surface area (Å²) in [5.41, 5.74) is 0. The van der Waals surface area contributed by atoms with Crippen LogP contribution in [0.4, 0.5) is 4.79 Å². The molecule has 2 nitrogen and oxygen atoms in total. The molecular weight excluding hydrogens is 204 g/mol. The molecule has 0 spiro atoms. The monoisotopic (exact) mass is 207 g/mol. The third-order valence-corrected chi connectivity index (χ3v) is 3.51. The lowest BCUT2D eigenvalue weighted by Crippen LogP contribution is -1.80. The van der Waals surface area contributed by atoms with Crippen LogP contribution in [0.1, 0.15) is 0 Å². The van der Waals surface area contributed by atoms with Gasteiger partial charge in [0.15, 0.2) is 5.38 Å². The summed E-state index contributed by atoms with van der Waals surface area (Å²) in [5.74, 6) is 0. The summed E-state index contributed by atoms with van der Waals surface area (Å²) < 4.78 is 0.745. The maximum absolute atomic E-state index is 10.3. The minimum atomic E-state index is -0.785. The zero-order valence-electron chi connectivity index (χ0n) is 4.37. The third kappa shape index (κ3) is 1.31. The van der Waals surface area contributed by atoms with Crippen LogP contribution in [0.5, 0.6) is 0 Å². The molecule has 0 aliphatic heterocycles. The van der Waals surface area contributed by atoms with Crippen LogP contribution in [0, 0.1) is 0 Å². The Balaban J connectivity index is 3.08. The lowest BCUT2D eigenvalue weighted by molar-refractivity contribution is 0.221. The predicted molar refractivity (Wildman–Crippen MR) is 40.0 cm³/mol. The van der Waals surface area contributed by atoms with Crippen molar-refractivity contribution in [2.45, 2.75) is 0 Å². The first-order valence-corrected chi connectivity index (χ1v) is 4.30. The number of rotatable bonds is 1. The summed E-state index contributed by atoms with van der Waals surface area (Å²) >= 11 is 3.14. The summed E-state index contributed by atoms with van der Waals surface area (Å²) in [7, 11) is -0.710. The standard InChI is InChI=1S/C5H3BrO2S/c6-4-2-1-3-9(4)5(7)8/h1-3H/p+1. The van der Waals surface area contributed by atoms with Gasteiger partial charge in [-0.05, 0) is 6.07 Å². The Morgan fingerprint density at radius 1 is 1.78 bits per heavy atom. The SMILES string of the molecule is O=C(O)[s+]1cccc1Br. The Labute approximate surface area is 63.2 Å². The van der Waals surface area contributed by atoms with E-state index in [9.17, 15) is 4.79 Å².